The van der Waals surface area contributed by atoms with Crippen molar-refractivity contribution in [3.63, 3.8) is 0 Å². The van der Waals surface area contributed by atoms with Gasteiger partial charge in [-0.2, -0.15) is 0 Å². The molecular weight excluding hydrogens is 353 g/mol. The highest BCUT2D eigenvalue weighted by Crippen LogP contribution is 2.30. The Balaban J connectivity index is 0.00000132. The van der Waals surface area contributed by atoms with Crippen molar-refractivity contribution in [3.8, 4) is 0 Å². The molecule has 0 aromatic carbocycles. The second-order valence-electron chi connectivity index (χ2n) is 6.56. The van der Waals surface area contributed by atoms with E-state index in [0.29, 0.717) is 6.54 Å². The maximum atomic E-state index is 12.6. The molecule has 7 heteroatoms. The summed E-state index contributed by atoms with van der Waals surface area (Å²) in [6.07, 6.45) is 9.77. The fourth-order valence-corrected chi connectivity index (χ4v) is 4.73. The van der Waals surface area contributed by atoms with Crippen LogP contribution in [-0.2, 0) is 24.2 Å². The third-order valence-corrected chi connectivity index (χ3v) is 5.92. The molecule has 0 radical (unpaired) electrons. The fraction of sp³-hybridized carbons (Fsp3) is 0.750. The molecule has 1 amide bonds. The number of thiazole rings is 1. The molecule has 1 heterocycles. The first kappa shape index (κ1) is 20.7. The molecule has 0 unspecified atom stereocenters. The Morgan fingerprint density at radius 3 is 2.48 bits per heavy atom. The number of hydrogen-bond donors (Lipinski definition) is 1. The summed E-state index contributed by atoms with van der Waals surface area (Å²) >= 11 is 1.78. The zero-order valence-corrected chi connectivity index (χ0v) is 16.1. The number of nitrogens with two attached hydrogens (primary N) is 1. The molecule has 1 aromatic heterocycles. The Hall–Kier alpha value is -0.360. The second kappa shape index (κ2) is 8.65. The van der Waals surface area contributed by atoms with Crippen molar-refractivity contribution in [1.29, 1.82) is 0 Å². The lowest BCUT2D eigenvalue weighted by Gasteiger charge is -2.35. The minimum Gasteiger partial charge on any atom is -0.337 e. The van der Waals surface area contributed by atoms with Crippen LogP contribution in [0.25, 0.3) is 0 Å². The third-order valence-electron chi connectivity index (χ3n) is 4.78. The van der Waals surface area contributed by atoms with Gasteiger partial charge in [-0.1, -0.05) is 19.3 Å². The third kappa shape index (κ3) is 4.59. The van der Waals surface area contributed by atoms with E-state index in [9.17, 15) is 4.79 Å². The van der Waals surface area contributed by atoms with Crippen molar-refractivity contribution in [3.05, 3.63) is 15.6 Å². The molecule has 1 saturated carbocycles. The maximum absolute atomic E-state index is 12.6. The first-order valence-electron chi connectivity index (χ1n) is 8.10. The number of halogens is 2. The Morgan fingerprint density at radius 1 is 1.17 bits per heavy atom. The van der Waals surface area contributed by atoms with Crippen LogP contribution in [-0.4, -0.2) is 28.4 Å². The lowest BCUT2D eigenvalue weighted by Crippen LogP contribution is -2.55. The van der Waals surface area contributed by atoms with E-state index in [1.807, 2.05) is 7.05 Å². The van der Waals surface area contributed by atoms with Crippen molar-refractivity contribution >= 4 is 42.1 Å². The van der Waals surface area contributed by atoms with Gasteiger partial charge in [-0.15, -0.1) is 36.2 Å². The van der Waals surface area contributed by atoms with Gasteiger partial charge in [-0.25, -0.2) is 4.98 Å². The summed E-state index contributed by atoms with van der Waals surface area (Å²) in [4.78, 5) is 20.6. The largest absolute Gasteiger partial charge is 0.337 e. The molecule has 0 bridgehead atoms. The Bertz CT molecular complexity index is 506. The molecule has 0 atom stereocenters. The monoisotopic (exact) mass is 379 g/mol. The van der Waals surface area contributed by atoms with Gasteiger partial charge in [0, 0.05) is 11.9 Å². The first-order valence-corrected chi connectivity index (χ1v) is 8.92. The molecular formula is C16H27Cl2N3OS. The predicted molar refractivity (Wildman–Crippen MR) is 99.7 cm³/mol. The van der Waals surface area contributed by atoms with Crippen LogP contribution in [0.4, 0.5) is 0 Å². The zero-order valence-electron chi connectivity index (χ0n) is 13.7. The predicted octanol–water partition coefficient (Wildman–Crippen LogP) is 3.49. The average molecular weight is 380 g/mol. The highest BCUT2D eigenvalue weighted by molar-refractivity contribution is 7.11. The Labute approximate surface area is 155 Å². The van der Waals surface area contributed by atoms with Crippen LogP contribution in [0.5, 0.6) is 0 Å². The standard InChI is InChI=1S/C16H25N3OS.2ClH/c1-19(15(20)16(17)9-5-2-6-10-16)11-14-18-12-7-3-4-8-13(12)21-14;;/h2-11,17H2,1H3;2*1H. The normalized spacial score (nSPS) is 19.0. The van der Waals surface area contributed by atoms with Gasteiger partial charge in [-0.05, 0) is 38.5 Å². The summed E-state index contributed by atoms with van der Waals surface area (Å²) in [5, 5.41) is 1.07. The van der Waals surface area contributed by atoms with E-state index in [1.54, 1.807) is 16.2 Å². The molecule has 2 N–H and O–H groups in total. The van der Waals surface area contributed by atoms with E-state index in [4.69, 9.17) is 10.7 Å². The van der Waals surface area contributed by atoms with Gasteiger partial charge in [0.25, 0.3) is 0 Å². The van der Waals surface area contributed by atoms with Crippen LogP contribution in [0.2, 0.25) is 0 Å². The summed E-state index contributed by atoms with van der Waals surface area (Å²) in [7, 11) is 1.87. The Kier molecular flexibility index (Phi) is 7.78. The highest BCUT2D eigenvalue weighted by atomic mass is 35.5. The summed E-state index contributed by atoms with van der Waals surface area (Å²) in [5.74, 6) is 0.0929. The first-order chi connectivity index (χ1) is 10.1. The number of carbonyl (C=O) groups excluding carboxylic acids is 1. The summed E-state index contributed by atoms with van der Waals surface area (Å²) in [5.41, 5.74) is 6.98. The molecule has 132 valence electrons. The van der Waals surface area contributed by atoms with Crippen molar-refractivity contribution in [2.24, 2.45) is 5.73 Å². The number of aryl methyl sites for hydroxylation is 2. The van der Waals surface area contributed by atoms with E-state index in [1.165, 1.54) is 29.8 Å². The van der Waals surface area contributed by atoms with Crippen LogP contribution >= 0.6 is 36.2 Å². The molecule has 0 saturated heterocycles. The number of amides is 1. The topological polar surface area (TPSA) is 59.2 Å². The number of aromatic nitrogens is 1. The summed E-state index contributed by atoms with van der Waals surface area (Å²) in [6, 6.07) is 0. The van der Waals surface area contributed by atoms with Gasteiger partial charge in [0.2, 0.25) is 5.91 Å². The summed E-state index contributed by atoms with van der Waals surface area (Å²) < 4.78 is 0. The molecule has 2 aliphatic carbocycles. The zero-order chi connectivity index (χ0) is 14.9. The molecule has 0 spiro atoms. The molecule has 2 aliphatic rings. The fourth-order valence-electron chi connectivity index (χ4n) is 3.52. The van der Waals surface area contributed by atoms with Crippen LogP contribution in [0.15, 0.2) is 0 Å². The van der Waals surface area contributed by atoms with E-state index in [-0.39, 0.29) is 30.7 Å². The number of nitrogens with zero attached hydrogens (tertiary/aromatic N) is 2. The summed E-state index contributed by atoms with van der Waals surface area (Å²) in [6.45, 7) is 0.607. The number of fused-ring (bicyclic) bond motifs is 1. The molecule has 1 aromatic rings. The van der Waals surface area contributed by atoms with E-state index in [2.05, 4.69) is 0 Å². The minimum atomic E-state index is -0.635. The second-order valence-corrected chi connectivity index (χ2v) is 7.73. The van der Waals surface area contributed by atoms with Crippen LogP contribution in [0.3, 0.4) is 0 Å². The molecule has 4 nitrogen and oxygen atoms in total. The number of rotatable bonds is 3. The SMILES string of the molecule is CN(Cc1nc2c(s1)CCCC2)C(=O)C1(N)CCCCC1.Cl.Cl. The van der Waals surface area contributed by atoms with Crippen molar-refractivity contribution < 1.29 is 4.79 Å². The highest BCUT2D eigenvalue weighted by Gasteiger charge is 2.37. The van der Waals surface area contributed by atoms with Crippen molar-refractivity contribution in [2.75, 3.05) is 7.05 Å². The smallest absolute Gasteiger partial charge is 0.242 e. The van der Waals surface area contributed by atoms with Crippen LogP contribution in [0, 0.1) is 0 Å². The minimum absolute atomic E-state index is 0. The number of hydrogen-bond acceptors (Lipinski definition) is 4. The number of likely N-dealkylation sites (N-methyl/N-ethyl adjacent to an activating group) is 1. The van der Waals surface area contributed by atoms with Crippen molar-refractivity contribution in [2.45, 2.75) is 69.9 Å². The maximum Gasteiger partial charge on any atom is 0.242 e. The van der Waals surface area contributed by atoms with E-state index < -0.39 is 5.54 Å². The van der Waals surface area contributed by atoms with Gasteiger partial charge in [0.15, 0.2) is 0 Å². The lowest BCUT2D eigenvalue weighted by molar-refractivity contribution is -0.137. The van der Waals surface area contributed by atoms with Gasteiger partial charge in [0.05, 0.1) is 17.8 Å². The molecule has 3 rings (SSSR count). The molecule has 0 aliphatic heterocycles. The van der Waals surface area contributed by atoms with E-state index in [0.717, 1.165) is 43.5 Å². The van der Waals surface area contributed by atoms with Gasteiger partial charge in [-0.3, -0.25) is 4.79 Å². The Morgan fingerprint density at radius 2 is 1.83 bits per heavy atom. The number of carbonyl (C=O) groups is 1. The van der Waals surface area contributed by atoms with Crippen LogP contribution in [0.1, 0.15) is 60.5 Å². The van der Waals surface area contributed by atoms with E-state index >= 15 is 0 Å². The van der Waals surface area contributed by atoms with Gasteiger partial charge < -0.3 is 10.6 Å². The van der Waals surface area contributed by atoms with Crippen molar-refractivity contribution in [1.82, 2.24) is 9.88 Å². The average Bonchev–Trinajstić information content (AvgIpc) is 2.89. The quantitative estimate of drug-likeness (QED) is 0.873. The van der Waals surface area contributed by atoms with Gasteiger partial charge >= 0.3 is 0 Å². The molecule has 23 heavy (non-hydrogen) atoms. The van der Waals surface area contributed by atoms with Crippen LogP contribution < -0.4 is 5.73 Å². The van der Waals surface area contributed by atoms with Gasteiger partial charge in [0.1, 0.15) is 5.01 Å². The molecule has 1 fully saturated rings. The lowest BCUT2D eigenvalue weighted by atomic mass is 9.81.